The number of hydrogen-bond acceptors (Lipinski definition) is 6. The zero-order valence-electron chi connectivity index (χ0n) is 19.3. The monoisotopic (exact) mass is 508 g/mol. The van der Waals surface area contributed by atoms with Crippen molar-refractivity contribution in [3.05, 3.63) is 76.2 Å². The lowest BCUT2D eigenvalue weighted by atomic mass is 10.0. The number of hydrogen-bond donors (Lipinski definition) is 1. The Hall–Kier alpha value is -3.68. The molecule has 4 rings (SSSR count). The van der Waals surface area contributed by atoms with E-state index in [0.717, 1.165) is 10.4 Å². The molecule has 1 aromatic heterocycles. The Morgan fingerprint density at radius 2 is 1.83 bits per heavy atom. The van der Waals surface area contributed by atoms with Crippen LogP contribution in [0.25, 0.3) is 0 Å². The third kappa shape index (κ3) is 4.78. The van der Waals surface area contributed by atoms with Crippen LogP contribution in [0.1, 0.15) is 40.2 Å². The molecule has 10 heteroatoms. The summed E-state index contributed by atoms with van der Waals surface area (Å²) in [5.74, 6) is -0.472. The molecule has 2 aromatic carbocycles. The van der Waals surface area contributed by atoms with Gasteiger partial charge in [0.2, 0.25) is 5.91 Å². The van der Waals surface area contributed by atoms with Crippen molar-refractivity contribution in [2.24, 2.45) is 0 Å². The highest BCUT2D eigenvalue weighted by Crippen LogP contribution is 2.37. The number of amides is 2. The molecular formula is C25H24N4O4S2. The standard InChI is InChI=1S/C25H24N4O4S2/c1-3-29(19-7-5-4-6-8-19)35(32,33)20-11-9-18(10-12-20)24(31)27-25-22(15-26)21-13-14-28(17(2)30)16-23(21)34-25/h4-12H,3,13-14,16H2,1-2H3,(H,27,31). The SMILES string of the molecule is CCN(c1ccccc1)S(=O)(=O)c1ccc(C(=O)Nc2sc3c(c2C#N)CCN(C(C)=O)C3)cc1. The number of benzene rings is 2. The van der Waals surface area contributed by atoms with E-state index in [2.05, 4.69) is 11.4 Å². The average Bonchev–Trinajstić information content (AvgIpc) is 3.21. The maximum absolute atomic E-state index is 13.2. The van der Waals surface area contributed by atoms with Crippen LogP contribution < -0.4 is 9.62 Å². The molecule has 0 atom stereocenters. The second-order valence-corrected chi connectivity index (χ2v) is 11.0. The number of carbonyl (C=O) groups is 2. The van der Waals surface area contributed by atoms with Gasteiger partial charge in [0, 0.05) is 30.5 Å². The van der Waals surface area contributed by atoms with Gasteiger partial charge in [-0.3, -0.25) is 13.9 Å². The Balaban J connectivity index is 1.55. The summed E-state index contributed by atoms with van der Waals surface area (Å²) < 4.78 is 27.6. The van der Waals surface area contributed by atoms with Gasteiger partial charge in [-0.15, -0.1) is 11.3 Å². The number of nitrogens with one attached hydrogen (secondary N) is 1. The maximum Gasteiger partial charge on any atom is 0.264 e. The molecule has 0 saturated heterocycles. The van der Waals surface area contributed by atoms with E-state index in [-0.39, 0.29) is 22.9 Å². The van der Waals surface area contributed by atoms with Crippen molar-refractivity contribution >= 4 is 43.9 Å². The number of para-hydroxylation sites is 1. The van der Waals surface area contributed by atoms with Gasteiger partial charge in [0.15, 0.2) is 0 Å². The molecule has 1 aliphatic rings. The summed E-state index contributed by atoms with van der Waals surface area (Å²) in [5.41, 5.74) is 2.12. The average molecular weight is 509 g/mol. The fourth-order valence-electron chi connectivity index (χ4n) is 4.05. The van der Waals surface area contributed by atoms with Crippen LogP contribution in [0.5, 0.6) is 0 Å². The Labute approximate surface area is 208 Å². The summed E-state index contributed by atoms with van der Waals surface area (Å²) in [6.45, 7) is 4.48. The predicted molar refractivity (Wildman–Crippen MR) is 135 cm³/mol. The second kappa shape index (κ2) is 9.90. The molecule has 8 nitrogen and oxygen atoms in total. The number of nitriles is 1. The first-order chi connectivity index (χ1) is 16.8. The number of carbonyl (C=O) groups excluding carboxylic acids is 2. The molecule has 1 aliphatic heterocycles. The van der Waals surface area contributed by atoms with Gasteiger partial charge in [0.25, 0.3) is 15.9 Å². The fraction of sp³-hybridized carbons (Fsp3) is 0.240. The van der Waals surface area contributed by atoms with Crippen LogP contribution in [0.4, 0.5) is 10.7 Å². The first kappa shape index (κ1) is 24.4. The van der Waals surface area contributed by atoms with Crippen LogP contribution >= 0.6 is 11.3 Å². The summed E-state index contributed by atoms with van der Waals surface area (Å²) in [6.07, 6.45) is 0.562. The summed E-state index contributed by atoms with van der Waals surface area (Å²) >= 11 is 1.29. The first-order valence-corrected chi connectivity index (χ1v) is 13.3. The lowest BCUT2D eigenvalue weighted by Gasteiger charge is -2.25. The van der Waals surface area contributed by atoms with Crippen LogP contribution in [0.15, 0.2) is 59.5 Å². The van der Waals surface area contributed by atoms with Crippen LogP contribution in [-0.4, -0.2) is 38.2 Å². The van der Waals surface area contributed by atoms with Crippen molar-refractivity contribution in [2.75, 3.05) is 22.7 Å². The fourth-order valence-corrected chi connectivity index (χ4v) is 6.73. The van der Waals surface area contributed by atoms with E-state index in [1.54, 1.807) is 36.1 Å². The highest BCUT2D eigenvalue weighted by Gasteiger charge is 2.27. The van der Waals surface area contributed by atoms with Gasteiger partial charge in [0.05, 0.1) is 22.7 Å². The van der Waals surface area contributed by atoms with E-state index in [9.17, 15) is 23.3 Å². The minimum Gasteiger partial charge on any atom is -0.337 e. The Morgan fingerprint density at radius 3 is 2.43 bits per heavy atom. The molecule has 0 spiro atoms. The Kier molecular flexibility index (Phi) is 6.91. The zero-order chi connectivity index (χ0) is 25.2. The van der Waals surface area contributed by atoms with Gasteiger partial charge in [0.1, 0.15) is 11.1 Å². The third-order valence-corrected chi connectivity index (χ3v) is 8.93. The van der Waals surface area contributed by atoms with E-state index in [1.807, 2.05) is 6.07 Å². The van der Waals surface area contributed by atoms with Crippen molar-refractivity contribution in [2.45, 2.75) is 31.7 Å². The molecule has 180 valence electrons. The largest absolute Gasteiger partial charge is 0.337 e. The molecule has 0 radical (unpaired) electrons. The minimum atomic E-state index is -3.80. The molecule has 1 N–H and O–H groups in total. The first-order valence-electron chi connectivity index (χ1n) is 11.1. The van der Waals surface area contributed by atoms with Crippen molar-refractivity contribution in [3.63, 3.8) is 0 Å². The van der Waals surface area contributed by atoms with Crippen LogP contribution in [0.3, 0.4) is 0 Å². The number of nitrogens with zero attached hydrogens (tertiary/aromatic N) is 3. The van der Waals surface area contributed by atoms with Crippen LogP contribution in [0, 0.1) is 11.3 Å². The minimum absolute atomic E-state index is 0.0305. The highest BCUT2D eigenvalue weighted by molar-refractivity contribution is 7.92. The Morgan fingerprint density at radius 1 is 1.14 bits per heavy atom. The van der Waals surface area contributed by atoms with Crippen molar-refractivity contribution in [3.8, 4) is 6.07 Å². The molecule has 0 bridgehead atoms. The smallest absolute Gasteiger partial charge is 0.264 e. The number of anilines is 2. The normalized spacial score (nSPS) is 13.0. The van der Waals surface area contributed by atoms with Crippen LogP contribution in [0.2, 0.25) is 0 Å². The van der Waals surface area contributed by atoms with Crippen molar-refractivity contribution < 1.29 is 18.0 Å². The van der Waals surface area contributed by atoms with Gasteiger partial charge in [-0.2, -0.15) is 5.26 Å². The molecule has 0 unspecified atom stereocenters. The molecule has 0 aliphatic carbocycles. The predicted octanol–water partition coefficient (Wildman–Crippen LogP) is 3.99. The quantitative estimate of drug-likeness (QED) is 0.541. The summed E-state index contributed by atoms with van der Waals surface area (Å²) in [7, 11) is -3.80. The van der Waals surface area contributed by atoms with Gasteiger partial charge < -0.3 is 10.2 Å². The van der Waals surface area contributed by atoms with E-state index < -0.39 is 15.9 Å². The molecule has 0 fully saturated rings. The van der Waals surface area contributed by atoms with E-state index in [4.69, 9.17) is 0 Å². The van der Waals surface area contributed by atoms with E-state index in [1.165, 1.54) is 46.8 Å². The molecule has 0 saturated carbocycles. The topological polar surface area (TPSA) is 111 Å². The molecule has 35 heavy (non-hydrogen) atoms. The lowest BCUT2D eigenvalue weighted by Crippen LogP contribution is -2.33. The summed E-state index contributed by atoms with van der Waals surface area (Å²) in [4.78, 5) is 27.3. The maximum atomic E-state index is 13.2. The second-order valence-electron chi connectivity index (χ2n) is 7.99. The van der Waals surface area contributed by atoms with Crippen molar-refractivity contribution in [1.82, 2.24) is 4.90 Å². The van der Waals surface area contributed by atoms with Gasteiger partial charge in [-0.25, -0.2) is 8.42 Å². The lowest BCUT2D eigenvalue weighted by molar-refractivity contribution is -0.129. The van der Waals surface area contributed by atoms with Gasteiger partial charge in [-0.1, -0.05) is 18.2 Å². The molecule has 2 heterocycles. The number of rotatable bonds is 6. The number of fused-ring (bicyclic) bond motifs is 1. The molecule has 3 aromatic rings. The van der Waals surface area contributed by atoms with Crippen molar-refractivity contribution in [1.29, 1.82) is 5.26 Å². The Bertz CT molecular complexity index is 1410. The van der Waals surface area contributed by atoms with Crippen LogP contribution in [-0.2, 0) is 27.8 Å². The third-order valence-electron chi connectivity index (χ3n) is 5.88. The highest BCUT2D eigenvalue weighted by atomic mass is 32.2. The molecule has 2 amide bonds. The molecular weight excluding hydrogens is 484 g/mol. The van der Waals surface area contributed by atoms with Gasteiger partial charge >= 0.3 is 0 Å². The van der Waals surface area contributed by atoms with E-state index in [0.29, 0.717) is 35.8 Å². The number of sulfonamides is 1. The summed E-state index contributed by atoms with van der Waals surface area (Å²) in [6, 6.07) is 16.7. The zero-order valence-corrected chi connectivity index (χ0v) is 20.9. The van der Waals surface area contributed by atoms with E-state index >= 15 is 0 Å². The number of thiophene rings is 1. The summed E-state index contributed by atoms with van der Waals surface area (Å²) in [5, 5.41) is 12.9. The van der Waals surface area contributed by atoms with Gasteiger partial charge in [-0.05, 0) is 55.3 Å².